The first-order valence-electron chi connectivity index (χ1n) is 5.33. The molecule has 0 saturated carbocycles. The molecule has 1 aromatic rings. The number of hydrogen-bond acceptors (Lipinski definition) is 2. The van der Waals surface area contributed by atoms with E-state index >= 15 is 0 Å². The fourth-order valence-corrected chi connectivity index (χ4v) is 1.28. The van der Waals surface area contributed by atoms with E-state index in [1.165, 1.54) is 0 Å². The van der Waals surface area contributed by atoms with Gasteiger partial charge in [0.15, 0.2) is 6.10 Å². The van der Waals surface area contributed by atoms with Crippen molar-refractivity contribution >= 4 is 17.5 Å². The molecular weight excluding hydrogens is 238 g/mol. The molecule has 1 unspecified atom stereocenters. The van der Waals surface area contributed by atoms with E-state index in [-0.39, 0.29) is 5.91 Å². The van der Waals surface area contributed by atoms with E-state index in [2.05, 4.69) is 11.9 Å². The van der Waals surface area contributed by atoms with Crippen molar-refractivity contribution in [1.82, 2.24) is 5.32 Å². The van der Waals surface area contributed by atoms with Crippen LogP contribution < -0.4 is 10.1 Å². The second kappa shape index (κ2) is 6.30. The molecular formula is C13H16ClNO2. The minimum absolute atomic E-state index is 0.164. The van der Waals surface area contributed by atoms with Crippen molar-refractivity contribution in [2.45, 2.75) is 20.0 Å². The SMILES string of the molecule is C=C(C)CNC(=O)C(C)Oc1ccc(Cl)cc1. The molecule has 0 fully saturated rings. The van der Waals surface area contributed by atoms with Crippen LogP contribution in [0.15, 0.2) is 36.4 Å². The van der Waals surface area contributed by atoms with Crippen molar-refractivity contribution in [3.05, 3.63) is 41.4 Å². The summed E-state index contributed by atoms with van der Waals surface area (Å²) >= 11 is 5.75. The van der Waals surface area contributed by atoms with Crippen LogP contribution in [0.1, 0.15) is 13.8 Å². The zero-order valence-electron chi connectivity index (χ0n) is 10.00. The highest BCUT2D eigenvalue weighted by Crippen LogP contribution is 2.16. The zero-order valence-corrected chi connectivity index (χ0v) is 10.8. The van der Waals surface area contributed by atoms with E-state index in [9.17, 15) is 4.79 Å². The molecule has 0 bridgehead atoms. The molecule has 1 amide bonds. The average molecular weight is 254 g/mol. The molecule has 0 saturated heterocycles. The van der Waals surface area contributed by atoms with Crippen LogP contribution in [0, 0.1) is 0 Å². The molecule has 1 aromatic carbocycles. The summed E-state index contributed by atoms with van der Waals surface area (Å²) in [6, 6.07) is 6.89. The van der Waals surface area contributed by atoms with E-state index in [1.54, 1.807) is 31.2 Å². The van der Waals surface area contributed by atoms with Gasteiger partial charge in [-0.25, -0.2) is 0 Å². The van der Waals surface area contributed by atoms with E-state index in [1.807, 2.05) is 6.92 Å². The van der Waals surface area contributed by atoms with Crippen LogP contribution in [0.4, 0.5) is 0 Å². The first kappa shape index (κ1) is 13.6. The third kappa shape index (κ3) is 4.91. The summed E-state index contributed by atoms with van der Waals surface area (Å²) in [5.41, 5.74) is 0.900. The second-order valence-corrected chi connectivity index (χ2v) is 4.33. The summed E-state index contributed by atoms with van der Waals surface area (Å²) in [6.07, 6.45) is -0.546. The van der Waals surface area contributed by atoms with E-state index in [0.717, 1.165) is 5.57 Å². The fourth-order valence-electron chi connectivity index (χ4n) is 1.15. The van der Waals surface area contributed by atoms with Crippen LogP contribution in [-0.2, 0) is 4.79 Å². The number of benzene rings is 1. The van der Waals surface area contributed by atoms with Gasteiger partial charge in [0.05, 0.1) is 0 Å². The smallest absolute Gasteiger partial charge is 0.261 e. The summed E-state index contributed by atoms with van der Waals surface area (Å²) < 4.78 is 5.46. The lowest BCUT2D eigenvalue weighted by Crippen LogP contribution is -2.37. The number of nitrogens with one attached hydrogen (secondary N) is 1. The number of hydrogen-bond donors (Lipinski definition) is 1. The van der Waals surface area contributed by atoms with E-state index in [4.69, 9.17) is 16.3 Å². The molecule has 0 aliphatic heterocycles. The molecule has 0 spiro atoms. The van der Waals surface area contributed by atoms with Crippen molar-refractivity contribution in [2.75, 3.05) is 6.54 Å². The highest BCUT2D eigenvalue weighted by molar-refractivity contribution is 6.30. The van der Waals surface area contributed by atoms with Crippen LogP contribution >= 0.6 is 11.6 Å². The zero-order chi connectivity index (χ0) is 12.8. The maximum absolute atomic E-state index is 11.6. The van der Waals surface area contributed by atoms with Gasteiger partial charge in [0.1, 0.15) is 5.75 Å². The minimum atomic E-state index is -0.546. The number of carbonyl (C=O) groups is 1. The van der Waals surface area contributed by atoms with Crippen LogP contribution in [0.2, 0.25) is 5.02 Å². The minimum Gasteiger partial charge on any atom is -0.481 e. The third-order valence-corrected chi connectivity index (χ3v) is 2.31. The molecule has 4 heteroatoms. The van der Waals surface area contributed by atoms with Gasteiger partial charge in [0.2, 0.25) is 0 Å². The Morgan fingerprint density at radius 2 is 2.06 bits per heavy atom. The number of rotatable bonds is 5. The first-order valence-corrected chi connectivity index (χ1v) is 5.71. The van der Waals surface area contributed by atoms with Gasteiger partial charge in [0.25, 0.3) is 5.91 Å². The van der Waals surface area contributed by atoms with E-state index < -0.39 is 6.10 Å². The summed E-state index contributed by atoms with van der Waals surface area (Å²) in [5, 5.41) is 3.36. The Morgan fingerprint density at radius 3 is 2.59 bits per heavy atom. The van der Waals surface area contributed by atoms with Gasteiger partial charge < -0.3 is 10.1 Å². The Bertz CT molecular complexity index is 400. The molecule has 0 radical (unpaired) electrons. The molecule has 0 aromatic heterocycles. The van der Waals surface area contributed by atoms with Crippen LogP contribution in [0.25, 0.3) is 0 Å². The number of halogens is 1. The molecule has 1 N–H and O–H groups in total. The Balaban J connectivity index is 2.48. The van der Waals surface area contributed by atoms with Gasteiger partial charge in [-0.3, -0.25) is 4.79 Å². The Labute approximate surface area is 106 Å². The fraction of sp³-hybridized carbons (Fsp3) is 0.308. The van der Waals surface area contributed by atoms with Crippen molar-refractivity contribution < 1.29 is 9.53 Å². The molecule has 0 aliphatic rings. The molecule has 1 rings (SSSR count). The largest absolute Gasteiger partial charge is 0.481 e. The number of ether oxygens (including phenoxy) is 1. The summed E-state index contributed by atoms with van der Waals surface area (Å²) in [4.78, 5) is 11.6. The van der Waals surface area contributed by atoms with Gasteiger partial charge in [0, 0.05) is 11.6 Å². The predicted molar refractivity (Wildman–Crippen MR) is 69.4 cm³/mol. The normalized spacial score (nSPS) is 11.7. The predicted octanol–water partition coefficient (Wildman–Crippen LogP) is 2.80. The number of carbonyl (C=O) groups excluding carboxylic acids is 1. The lowest BCUT2D eigenvalue weighted by molar-refractivity contribution is -0.127. The third-order valence-electron chi connectivity index (χ3n) is 2.06. The Kier molecular flexibility index (Phi) is 5.04. The summed E-state index contributed by atoms with van der Waals surface area (Å²) in [7, 11) is 0. The van der Waals surface area contributed by atoms with Gasteiger partial charge in [-0.05, 0) is 38.1 Å². The monoisotopic (exact) mass is 253 g/mol. The maximum Gasteiger partial charge on any atom is 0.261 e. The van der Waals surface area contributed by atoms with Crippen LogP contribution in [0.3, 0.4) is 0 Å². The molecule has 0 aliphatic carbocycles. The van der Waals surface area contributed by atoms with Crippen molar-refractivity contribution in [1.29, 1.82) is 0 Å². The molecule has 92 valence electrons. The van der Waals surface area contributed by atoms with Crippen LogP contribution in [-0.4, -0.2) is 18.6 Å². The highest BCUT2D eigenvalue weighted by Gasteiger charge is 2.13. The van der Waals surface area contributed by atoms with Crippen molar-refractivity contribution in [3.63, 3.8) is 0 Å². The lowest BCUT2D eigenvalue weighted by atomic mass is 10.3. The van der Waals surface area contributed by atoms with Gasteiger partial charge >= 0.3 is 0 Å². The van der Waals surface area contributed by atoms with Crippen LogP contribution in [0.5, 0.6) is 5.75 Å². The van der Waals surface area contributed by atoms with E-state index in [0.29, 0.717) is 17.3 Å². The van der Waals surface area contributed by atoms with Crippen molar-refractivity contribution in [2.24, 2.45) is 0 Å². The molecule has 0 heterocycles. The Hall–Kier alpha value is -1.48. The number of amides is 1. The molecule has 1 atom stereocenters. The van der Waals surface area contributed by atoms with Gasteiger partial charge in [-0.1, -0.05) is 23.8 Å². The lowest BCUT2D eigenvalue weighted by Gasteiger charge is -2.14. The molecule has 3 nitrogen and oxygen atoms in total. The van der Waals surface area contributed by atoms with Gasteiger partial charge in [-0.15, -0.1) is 0 Å². The van der Waals surface area contributed by atoms with Gasteiger partial charge in [-0.2, -0.15) is 0 Å². The Morgan fingerprint density at radius 1 is 1.47 bits per heavy atom. The second-order valence-electron chi connectivity index (χ2n) is 3.89. The topological polar surface area (TPSA) is 38.3 Å². The average Bonchev–Trinajstić information content (AvgIpc) is 2.28. The quantitative estimate of drug-likeness (QED) is 0.820. The van der Waals surface area contributed by atoms with Crippen molar-refractivity contribution in [3.8, 4) is 5.75 Å². The highest BCUT2D eigenvalue weighted by atomic mass is 35.5. The molecule has 17 heavy (non-hydrogen) atoms. The summed E-state index contributed by atoms with van der Waals surface area (Å²) in [6.45, 7) is 7.72. The summed E-state index contributed by atoms with van der Waals surface area (Å²) in [5.74, 6) is 0.454. The maximum atomic E-state index is 11.6. The standard InChI is InChI=1S/C13H16ClNO2/c1-9(2)8-15-13(16)10(3)17-12-6-4-11(14)5-7-12/h4-7,10H,1,8H2,2-3H3,(H,15,16). The first-order chi connectivity index (χ1) is 7.99.